The lowest BCUT2D eigenvalue weighted by Crippen LogP contribution is -2.21. The number of aryl methyl sites for hydroxylation is 2. The van der Waals surface area contributed by atoms with Crippen LogP contribution in [0.5, 0.6) is 5.75 Å². The number of halogens is 1. The maximum absolute atomic E-state index is 12.2. The molecule has 2 aromatic carbocycles. The van der Waals surface area contributed by atoms with Crippen LogP contribution in [0.3, 0.4) is 0 Å². The molecule has 0 unspecified atom stereocenters. The normalized spacial score (nSPS) is 11.0. The third-order valence-electron chi connectivity index (χ3n) is 4.32. The summed E-state index contributed by atoms with van der Waals surface area (Å²) in [6.07, 6.45) is 0. The monoisotopic (exact) mass is 412 g/mol. The van der Waals surface area contributed by atoms with Gasteiger partial charge in [-0.1, -0.05) is 29.8 Å². The molecule has 0 aliphatic rings. The van der Waals surface area contributed by atoms with Crippen LogP contribution >= 0.6 is 22.9 Å². The lowest BCUT2D eigenvalue weighted by atomic mass is 10.1. The number of carbonyl (C=O) groups excluding carboxylic acids is 1. The van der Waals surface area contributed by atoms with E-state index < -0.39 is 0 Å². The van der Waals surface area contributed by atoms with Gasteiger partial charge in [0.1, 0.15) is 5.75 Å². The van der Waals surface area contributed by atoms with Crippen LogP contribution in [-0.2, 0) is 4.79 Å². The van der Waals surface area contributed by atoms with Gasteiger partial charge in [0.15, 0.2) is 6.61 Å². The van der Waals surface area contributed by atoms with E-state index in [1.165, 1.54) is 16.9 Å². The quantitative estimate of drug-likeness (QED) is 0.513. The van der Waals surface area contributed by atoms with E-state index in [1.807, 2.05) is 61.7 Å². The number of nitrogens with zero attached hydrogens (tertiary/aromatic N) is 3. The minimum absolute atomic E-state index is 0.112. The summed E-state index contributed by atoms with van der Waals surface area (Å²) in [7, 11) is 0. The highest BCUT2D eigenvalue weighted by molar-refractivity contribution is 7.15. The lowest BCUT2D eigenvalue weighted by molar-refractivity contribution is -0.118. The maximum Gasteiger partial charge on any atom is 0.264 e. The molecule has 0 atom stereocenters. The number of thiazole rings is 1. The van der Waals surface area contributed by atoms with Gasteiger partial charge in [-0.3, -0.25) is 10.1 Å². The van der Waals surface area contributed by atoms with Crippen LogP contribution in [0.2, 0.25) is 5.02 Å². The summed E-state index contributed by atoms with van der Waals surface area (Å²) in [5, 5.41) is 9.70. The van der Waals surface area contributed by atoms with Crippen molar-refractivity contribution in [1.82, 2.24) is 14.6 Å². The first-order valence-electron chi connectivity index (χ1n) is 8.60. The Kier molecular flexibility index (Phi) is 5.02. The van der Waals surface area contributed by atoms with Gasteiger partial charge >= 0.3 is 0 Å². The number of nitrogens with one attached hydrogen (secondary N) is 1. The molecule has 6 nitrogen and oxygen atoms in total. The summed E-state index contributed by atoms with van der Waals surface area (Å²) in [6.45, 7) is 3.92. The number of rotatable bonds is 5. The Balaban J connectivity index is 1.45. The third kappa shape index (κ3) is 3.85. The molecule has 0 aliphatic carbocycles. The van der Waals surface area contributed by atoms with Crippen molar-refractivity contribution in [3.8, 4) is 17.0 Å². The molecule has 4 aromatic rings. The summed E-state index contributed by atoms with van der Waals surface area (Å²) in [4.78, 5) is 17.2. The van der Waals surface area contributed by atoms with Crippen LogP contribution in [0.4, 0.5) is 5.95 Å². The topological polar surface area (TPSA) is 68.5 Å². The van der Waals surface area contributed by atoms with Crippen LogP contribution in [0.1, 0.15) is 11.1 Å². The average Bonchev–Trinajstić information content (AvgIpc) is 3.23. The molecule has 0 spiro atoms. The molecule has 1 amide bonds. The van der Waals surface area contributed by atoms with Crippen LogP contribution in [0.25, 0.3) is 16.2 Å². The minimum Gasteiger partial charge on any atom is -0.484 e. The number of benzene rings is 2. The van der Waals surface area contributed by atoms with Gasteiger partial charge < -0.3 is 4.74 Å². The summed E-state index contributed by atoms with van der Waals surface area (Å²) >= 11 is 7.40. The highest BCUT2D eigenvalue weighted by atomic mass is 35.5. The molecular weight excluding hydrogens is 396 g/mol. The third-order valence-corrected chi connectivity index (χ3v) is 5.39. The molecule has 1 N–H and O–H groups in total. The highest BCUT2D eigenvalue weighted by Gasteiger charge is 2.14. The Hall–Kier alpha value is -2.90. The molecule has 2 heterocycles. The van der Waals surface area contributed by atoms with E-state index in [2.05, 4.69) is 15.4 Å². The zero-order valence-electron chi connectivity index (χ0n) is 15.3. The number of anilines is 1. The summed E-state index contributed by atoms with van der Waals surface area (Å²) < 4.78 is 7.25. The smallest absolute Gasteiger partial charge is 0.264 e. The van der Waals surface area contributed by atoms with E-state index in [0.29, 0.717) is 15.7 Å². The average molecular weight is 413 g/mol. The van der Waals surface area contributed by atoms with Gasteiger partial charge in [-0.25, -0.2) is 4.52 Å². The molecule has 8 heteroatoms. The minimum atomic E-state index is -0.315. The number of amides is 1. The largest absolute Gasteiger partial charge is 0.484 e. The highest BCUT2D eigenvalue weighted by Crippen LogP contribution is 2.27. The van der Waals surface area contributed by atoms with E-state index in [0.717, 1.165) is 16.8 Å². The van der Waals surface area contributed by atoms with Crippen molar-refractivity contribution < 1.29 is 9.53 Å². The van der Waals surface area contributed by atoms with Crippen LogP contribution in [0.15, 0.2) is 47.8 Å². The van der Waals surface area contributed by atoms with Crippen molar-refractivity contribution in [3.05, 3.63) is 64.0 Å². The van der Waals surface area contributed by atoms with Gasteiger partial charge in [-0.15, -0.1) is 16.4 Å². The van der Waals surface area contributed by atoms with Crippen molar-refractivity contribution in [2.75, 3.05) is 11.9 Å². The zero-order chi connectivity index (χ0) is 19.7. The molecule has 0 aliphatic heterocycles. The zero-order valence-corrected chi connectivity index (χ0v) is 16.8. The summed E-state index contributed by atoms with van der Waals surface area (Å²) in [6, 6.07) is 13.2. The Morgan fingerprint density at radius 1 is 1.18 bits per heavy atom. The SMILES string of the molecule is Cc1ccc(OCC(=O)Nc2nc3scc(-c4ccc(Cl)cc4)n3n2)cc1C. The van der Waals surface area contributed by atoms with Crippen molar-refractivity contribution in [1.29, 1.82) is 0 Å². The number of fused-ring (bicyclic) bond motifs is 1. The van der Waals surface area contributed by atoms with Crippen molar-refractivity contribution >= 4 is 39.8 Å². The van der Waals surface area contributed by atoms with Gasteiger partial charge in [0.05, 0.1) is 5.69 Å². The Morgan fingerprint density at radius 2 is 1.96 bits per heavy atom. The molecule has 0 radical (unpaired) electrons. The van der Waals surface area contributed by atoms with Crippen molar-refractivity contribution in [2.24, 2.45) is 0 Å². The first-order valence-corrected chi connectivity index (χ1v) is 9.85. The number of ether oxygens (including phenoxy) is 1. The fraction of sp³-hybridized carbons (Fsp3) is 0.150. The van der Waals surface area contributed by atoms with Crippen LogP contribution in [-0.4, -0.2) is 27.1 Å². The second kappa shape index (κ2) is 7.61. The van der Waals surface area contributed by atoms with Gasteiger partial charge in [0, 0.05) is 16.0 Å². The molecule has 4 rings (SSSR count). The lowest BCUT2D eigenvalue weighted by Gasteiger charge is -2.07. The molecule has 2 aromatic heterocycles. The Morgan fingerprint density at radius 3 is 2.71 bits per heavy atom. The summed E-state index contributed by atoms with van der Waals surface area (Å²) in [5.41, 5.74) is 4.15. The molecule has 142 valence electrons. The first kappa shape index (κ1) is 18.5. The van der Waals surface area contributed by atoms with Gasteiger partial charge in [-0.05, 0) is 49.2 Å². The van der Waals surface area contributed by atoms with E-state index >= 15 is 0 Å². The van der Waals surface area contributed by atoms with Crippen molar-refractivity contribution in [2.45, 2.75) is 13.8 Å². The predicted molar refractivity (Wildman–Crippen MR) is 111 cm³/mol. The molecule has 0 saturated heterocycles. The second-order valence-electron chi connectivity index (χ2n) is 6.34. The van der Waals surface area contributed by atoms with Crippen LogP contribution < -0.4 is 10.1 Å². The molecule has 0 fully saturated rings. The standard InChI is InChI=1S/C20H17ClN4O2S/c1-12-3-8-16(9-13(12)2)27-10-18(26)22-19-23-20-25(24-19)17(11-28-20)14-4-6-15(21)7-5-14/h3-9,11H,10H2,1-2H3,(H,22,24,26). The number of hydrogen-bond acceptors (Lipinski definition) is 5. The fourth-order valence-electron chi connectivity index (χ4n) is 2.67. The van der Waals surface area contributed by atoms with Gasteiger partial charge in [-0.2, -0.15) is 4.98 Å². The number of hydrogen-bond donors (Lipinski definition) is 1. The number of aromatic nitrogens is 3. The van der Waals surface area contributed by atoms with Crippen LogP contribution in [0, 0.1) is 13.8 Å². The Labute approximate surface area is 170 Å². The van der Waals surface area contributed by atoms with E-state index in [4.69, 9.17) is 16.3 Å². The van der Waals surface area contributed by atoms with E-state index in [1.54, 1.807) is 4.52 Å². The van der Waals surface area contributed by atoms with E-state index in [-0.39, 0.29) is 18.5 Å². The maximum atomic E-state index is 12.2. The predicted octanol–water partition coefficient (Wildman–Crippen LogP) is 4.75. The molecular formula is C20H17ClN4O2S. The molecule has 0 saturated carbocycles. The number of carbonyl (C=O) groups is 1. The molecule has 0 bridgehead atoms. The first-order chi connectivity index (χ1) is 13.5. The van der Waals surface area contributed by atoms with Gasteiger partial charge in [0.25, 0.3) is 11.9 Å². The molecule has 28 heavy (non-hydrogen) atoms. The fourth-order valence-corrected chi connectivity index (χ4v) is 3.62. The second-order valence-corrected chi connectivity index (χ2v) is 7.61. The van der Waals surface area contributed by atoms with Gasteiger partial charge in [0.2, 0.25) is 4.96 Å². The Bertz CT molecular complexity index is 1150. The van der Waals surface area contributed by atoms with E-state index in [9.17, 15) is 4.79 Å². The summed E-state index contributed by atoms with van der Waals surface area (Å²) in [5.74, 6) is 0.585. The van der Waals surface area contributed by atoms with Crippen molar-refractivity contribution in [3.63, 3.8) is 0 Å².